The fourth-order valence-corrected chi connectivity index (χ4v) is 3.12. The lowest BCUT2D eigenvalue weighted by molar-refractivity contribution is 0.0967. The lowest BCUT2D eigenvalue weighted by Crippen LogP contribution is -2.14. The van der Waals surface area contributed by atoms with Gasteiger partial charge < -0.3 is 0 Å². The summed E-state index contributed by atoms with van der Waals surface area (Å²) in [6, 6.07) is 11.2. The average molecular weight is 286 g/mol. The summed E-state index contributed by atoms with van der Waals surface area (Å²) < 4.78 is 26.6. The van der Waals surface area contributed by atoms with Gasteiger partial charge in [0.15, 0.2) is 5.78 Å². The topological polar surface area (TPSA) is 17.1 Å². The maximum atomic E-state index is 13.7. The molecule has 2 aromatic rings. The zero-order valence-corrected chi connectivity index (χ0v) is 11.6. The minimum Gasteiger partial charge on any atom is -0.294 e. The first kappa shape index (κ1) is 13.9. The van der Waals surface area contributed by atoms with Gasteiger partial charge in [-0.15, -0.1) is 0 Å². The summed E-state index contributed by atoms with van der Waals surface area (Å²) >= 11 is 0. The Balaban J connectivity index is 1.83. The molecule has 1 aliphatic carbocycles. The number of aryl methyl sites for hydroxylation is 1. The Morgan fingerprint density at radius 3 is 2.76 bits per heavy atom. The minimum atomic E-state index is -0.774. The number of fused-ring (bicyclic) bond motifs is 1. The fourth-order valence-electron chi connectivity index (χ4n) is 3.12. The number of benzene rings is 2. The van der Waals surface area contributed by atoms with Gasteiger partial charge in [0.25, 0.3) is 0 Å². The molecule has 21 heavy (non-hydrogen) atoms. The smallest absolute Gasteiger partial charge is 0.166 e. The molecule has 1 atom stereocenters. The van der Waals surface area contributed by atoms with Crippen LogP contribution in [0.25, 0.3) is 0 Å². The Labute approximate surface area is 122 Å². The van der Waals surface area contributed by atoms with Crippen molar-refractivity contribution in [2.24, 2.45) is 0 Å². The number of hydrogen-bond donors (Lipinski definition) is 0. The van der Waals surface area contributed by atoms with Crippen molar-refractivity contribution in [3.05, 3.63) is 70.8 Å². The second kappa shape index (κ2) is 5.76. The van der Waals surface area contributed by atoms with Gasteiger partial charge in [0.05, 0.1) is 5.56 Å². The number of hydrogen-bond acceptors (Lipinski definition) is 1. The van der Waals surface area contributed by atoms with Crippen molar-refractivity contribution >= 4 is 5.78 Å². The number of ketones is 1. The lowest BCUT2D eigenvalue weighted by Gasteiger charge is -2.25. The Morgan fingerprint density at radius 2 is 1.95 bits per heavy atom. The van der Waals surface area contributed by atoms with Crippen LogP contribution in [0.5, 0.6) is 0 Å². The largest absolute Gasteiger partial charge is 0.294 e. The first-order chi connectivity index (χ1) is 10.1. The molecule has 0 aromatic heterocycles. The van der Waals surface area contributed by atoms with Crippen LogP contribution in [0, 0.1) is 11.6 Å². The third kappa shape index (κ3) is 2.87. The highest BCUT2D eigenvalue weighted by Gasteiger charge is 2.24. The molecule has 0 amide bonds. The first-order valence-corrected chi connectivity index (χ1v) is 7.21. The zero-order chi connectivity index (χ0) is 14.8. The predicted octanol–water partition coefficient (Wildman–Crippen LogP) is 4.66. The van der Waals surface area contributed by atoms with E-state index in [1.54, 1.807) is 0 Å². The summed E-state index contributed by atoms with van der Waals surface area (Å²) in [7, 11) is 0. The molecule has 0 heterocycles. The van der Waals surface area contributed by atoms with Crippen LogP contribution in [0.4, 0.5) is 8.78 Å². The third-order valence-electron chi connectivity index (χ3n) is 4.16. The second-order valence-corrected chi connectivity index (χ2v) is 5.54. The molecule has 3 rings (SSSR count). The van der Waals surface area contributed by atoms with Gasteiger partial charge in [-0.2, -0.15) is 0 Å². The van der Waals surface area contributed by atoms with Crippen LogP contribution in [0.1, 0.15) is 46.7 Å². The number of halogens is 2. The molecule has 1 nitrogen and oxygen atoms in total. The highest BCUT2D eigenvalue weighted by Crippen LogP contribution is 2.34. The molecule has 0 saturated heterocycles. The summed E-state index contributed by atoms with van der Waals surface area (Å²) in [6.07, 6.45) is 3.29. The Kier molecular flexibility index (Phi) is 3.82. The van der Waals surface area contributed by atoms with E-state index < -0.39 is 11.6 Å². The molecule has 1 unspecified atom stereocenters. The van der Waals surface area contributed by atoms with E-state index in [1.807, 2.05) is 18.2 Å². The predicted molar refractivity (Wildman–Crippen MR) is 77.4 cm³/mol. The van der Waals surface area contributed by atoms with Gasteiger partial charge in [-0.1, -0.05) is 24.3 Å². The number of rotatable bonds is 3. The molecule has 1 aliphatic rings. The van der Waals surface area contributed by atoms with Gasteiger partial charge in [-0.25, -0.2) is 8.78 Å². The van der Waals surface area contributed by atoms with E-state index in [-0.39, 0.29) is 23.7 Å². The number of carbonyl (C=O) groups excluding carboxylic acids is 1. The standard InChI is InChI=1S/C18H16F2O/c19-14-8-9-16(17(20)11-14)18(21)10-13-6-3-5-12-4-1-2-7-15(12)13/h1-2,4,7-9,11,13H,3,5-6,10H2. The normalized spacial score (nSPS) is 17.3. The molecule has 0 spiro atoms. The van der Waals surface area contributed by atoms with E-state index in [0.29, 0.717) is 0 Å². The van der Waals surface area contributed by atoms with Crippen molar-refractivity contribution in [1.29, 1.82) is 0 Å². The molecular formula is C18H16F2O. The van der Waals surface area contributed by atoms with E-state index >= 15 is 0 Å². The van der Waals surface area contributed by atoms with Crippen LogP contribution in [0.15, 0.2) is 42.5 Å². The van der Waals surface area contributed by atoms with Crippen LogP contribution in [0.2, 0.25) is 0 Å². The highest BCUT2D eigenvalue weighted by atomic mass is 19.1. The van der Waals surface area contributed by atoms with Crippen molar-refractivity contribution < 1.29 is 13.6 Å². The summed E-state index contributed by atoms with van der Waals surface area (Å²) in [6.45, 7) is 0. The van der Waals surface area contributed by atoms with Crippen molar-refractivity contribution in [2.75, 3.05) is 0 Å². The molecule has 0 saturated carbocycles. The molecular weight excluding hydrogens is 270 g/mol. The van der Waals surface area contributed by atoms with E-state index in [1.165, 1.54) is 17.2 Å². The van der Waals surface area contributed by atoms with E-state index in [9.17, 15) is 13.6 Å². The van der Waals surface area contributed by atoms with Gasteiger partial charge in [-0.05, 0) is 48.4 Å². The van der Waals surface area contributed by atoms with Crippen LogP contribution < -0.4 is 0 Å². The highest BCUT2D eigenvalue weighted by molar-refractivity contribution is 5.96. The Hall–Kier alpha value is -2.03. The fraction of sp³-hybridized carbons (Fsp3) is 0.278. The second-order valence-electron chi connectivity index (χ2n) is 5.54. The molecule has 108 valence electrons. The maximum Gasteiger partial charge on any atom is 0.166 e. The van der Waals surface area contributed by atoms with Gasteiger partial charge in [0.2, 0.25) is 0 Å². The van der Waals surface area contributed by atoms with Gasteiger partial charge in [0, 0.05) is 12.5 Å². The first-order valence-electron chi connectivity index (χ1n) is 7.21. The molecule has 0 radical (unpaired) electrons. The third-order valence-corrected chi connectivity index (χ3v) is 4.16. The van der Waals surface area contributed by atoms with Crippen molar-refractivity contribution in [1.82, 2.24) is 0 Å². The van der Waals surface area contributed by atoms with Crippen LogP contribution in [-0.2, 0) is 6.42 Å². The van der Waals surface area contributed by atoms with Gasteiger partial charge >= 0.3 is 0 Å². The monoisotopic (exact) mass is 286 g/mol. The summed E-state index contributed by atoms with van der Waals surface area (Å²) in [5.41, 5.74) is 2.46. The zero-order valence-electron chi connectivity index (χ0n) is 11.6. The number of Topliss-reactive ketones (excluding diaryl/α,β-unsaturated/α-hetero) is 1. The van der Waals surface area contributed by atoms with E-state index in [4.69, 9.17) is 0 Å². The van der Waals surface area contributed by atoms with Crippen LogP contribution in [0.3, 0.4) is 0 Å². The lowest BCUT2D eigenvalue weighted by atomic mass is 9.79. The minimum absolute atomic E-state index is 0.0144. The van der Waals surface area contributed by atoms with Crippen molar-refractivity contribution in [2.45, 2.75) is 31.6 Å². The summed E-state index contributed by atoms with van der Waals surface area (Å²) in [4.78, 5) is 12.3. The van der Waals surface area contributed by atoms with Crippen LogP contribution >= 0.6 is 0 Å². The summed E-state index contributed by atoms with van der Waals surface area (Å²) in [5.74, 6) is -1.56. The Bertz CT molecular complexity index is 679. The van der Waals surface area contributed by atoms with Crippen molar-refractivity contribution in [3.63, 3.8) is 0 Å². The number of carbonyl (C=O) groups is 1. The molecule has 0 fully saturated rings. The maximum absolute atomic E-state index is 13.7. The Morgan fingerprint density at radius 1 is 1.14 bits per heavy atom. The van der Waals surface area contributed by atoms with Gasteiger partial charge in [-0.3, -0.25) is 4.79 Å². The van der Waals surface area contributed by atoms with E-state index in [2.05, 4.69) is 6.07 Å². The van der Waals surface area contributed by atoms with Crippen molar-refractivity contribution in [3.8, 4) is 0 Å². The summed E-state index contributed by atoms with van der Waals surface area (Å²) in [5, 5.41) is 0. The van der Waals surface area contributed by atoms with Crippen LogP contribution in [-0.4, -0.2) is 5.78 Å². The molecule has 2 aromatic carbocycles. The SMILES string of the molecule is O=C(CC1CCCc2ccccc21)c1ccc(F)cc1F. The quantitative estimate of drug-likeness (QED) is 0.750. The molecule has 3 heteroatoms. The van der Waals surface area contributed by atoms with E-state index in [0.717, 1.165) is 31.4 Å². The van der Waals surface area contributed by atoms with Gasteiger partial charge in [0.1, 0.15) is 11.6 Å². The average Bonchev–Trinajstić information content (AvgIpc) is 2.47. The molecule has 0 bridgehead atoms. The molecule has 0 N–H and O–H groups in total. The molecule has 0 aliphatic heterocycles.